The molecular weight excluding hydrogens is 264 g/mol. The molecule has 126 valence electrons. The van der Waals surface area contributed by atoms with Crippen molar-refractivity contribution >= 4 is 0 Å². The summed E-state index contributed by atoms with van der Waals surface area (Å²) in [6.45, 7) is 4.52. The summed E-state index contributed by atoms with van der Waals surface area (Å²) in [6, 6.07) is 0. The van der Waals surface area contributed by atoms with Crippen LogP contribution in [-0.4, -0.2) is 0 Å². The number of rotatable bonds is 15. The molecule has 0 aliphatic rings. The molecule has 0 rings (SSSR count). The van der Waals surface area contributed by atoms with Gasteiger partial charge in [-0.25, -0.2) is 0 Å². The first-order chi connectivity index (χ1) is 10.9. The second-order valence-corrected chi connectivity index (χ2v) is 5.94. The van der Waals surface area contributed by atoms with Crippen LogP contribution in [0.4, 0.5) is 0 Å². The van der Waals surface area contributed by atoms with E-state index in [9.17, 15) is 0 Å². The zero-order valence-corrected chi connectivity index (χ0v) is 15.1. The third kappa shape index (κ3) is 19.0. The Morgan fingerprint density at radius 2 is 0.773 bits per heavy atom. The third-order valence-electron chi connectivity index (χ3n) is 3.68. The Balaban J connectivity index is 3.35. The van der Waals surface area contributed by atoms with Gasteiger partial charge in [-0.1, -0.05) is 94.6 Å². The largest absolute Gasteiger partial charge is 0.0882 e. The van der Waals surface area contributed by atoms with E-state index in [4.69, 9.17) is 0 Å². The highest BCUT2D eigenvalue weighted by molar-refractivity contribution is 4.99. The van der Waals surface area contributed by atoms with Gasteiger partial charge in [-0.15, -0.1) is 0 Å². The molecule has 0 aliphatic carbocycles. The molecule has 0 heterocycles. The standard InChI is InChI=1S/C22H38/c1-3-5-7-9-11-13-15-17-19-21-22-20-18-16-14-12-10-8-6-4-2/h11,13-14,16-17,19-20,22H,3-10,12,15,18,21H2,1-2H3/b13-11-,16-14-,19-17-,22-20-. The van der Waals surface area contributed by atoms with Crippen LogP contribution in [0.5, 0.6) is 0 Å². The zero-order chi connectivity index (χ0) is 16.1. The molecule has 0 atom stereocenters. The Morgan fingerprint density at radius 3 is 1.23 bits per heavy atom. The van der Waals surface area contributed by atoms with Crippen LogP contribution in [0.2, 0.25) is 0 Å². The van der Waals surface area contributed by atoms with Gasteiger partial charge in [-0.05, 0) is 44.9 Å². The smallest absolute Gasteiger partial charge is 0.0169 e. The molecule has 0 amide bonds. The summed E-state index contributed by atoms with van der Waals surface area (Å²) in [5.41, 5.74) is 0. The lowest BCUT2D eigenvalue weighted by Gasteiger charge is -1.93. The molecule has 0 bridgehead atoms. The summed E-state index contributed by atoms with van der Waals surface area (Å²) in [4.78, 5) is 0. The van der Waals surface area contributed by atoms with Crippen LogP contribution in [0, 0.1) is 0 Å². The molecule has 0 saturated carbocycles. The van der Waals surface area contributed by atoms with Crippen LogP contribution in [0.15, 0.2) is 48.6 Å². The van der Waals surface area contributed by atoms with Gasteiger partial charge in [-0.3, -0.25) is 0 Å². The van der Waals surface area contributed by atoms with E-state index in [1.54, 1.807) is 0 Å². The van der Waals surface area contributed by atoms with Crippen LogP contribution in [-0.2, 0) is 0 Å². The fraction of sp³-hybridized carbons (Fsp3) is 0.636. The van der Waals surface area contributed by atoms with Crippen LogP contribution < -0.4 is 0 Å². The minimum absolute atomic E-state index is 1.06. The molecule has 22 heavy (non-hydrogen) atoms. The molecule has 0 nitrogen and oxygen atoms in total. The van der Waals surface area contributed by atoms with Crippen molar-refractivity contribution in [3.8, 4) is 0 Å². The molecule has 0 spiro atoms. The monoisotopic (exact) mass is 302 g/mol. The van der Waals surface area contributed by atoms with Gasteiger partial charge in [0.1, 0.15) is 0 Å². The maximum absolute atomic E-state index is 2.33. The van der Waals surface area contributed by atoms with E-state index >= 15 is 0 Å². The fourth-order valence-electron chi connectivity index (χ4n) is 2.25. The number of allylic oxidation sites excluding steroid dienone is 8. The highest BCUT2D eigenvalue weighted by Crippen LogP contribution is 2.03. The lowest BCUT2D eigenvalue weighted by atomic mass is 10.1. The van der Waals surface area contributed by atoms with E-state index in [-0.39, 0.29) is 0 Å². The van der Waals surface area contributed by atoms with Gasteiger partial charge < -0.3 is 0 Å². The van der Waals surface area contributed by atoms with Crippen molar-refractivity contribution in [3.05, 3.63) is 48.6 Å². The lowest BCUT2D eigenvalue weighted by Crippen LogP contribution is -1.73. The predicted molar refractivity (Wildman–Crippen MR) is 103 cm³/mol. The normalized spacial score (nSPS) is 12.6. The summed E-state index contributed by atoms with van der Waals surface area (Å²) in [5.74, 6) is 0. The van der Waals surface area contributed by atoms with Crippen molar-refractivity contribution in [3.63, 3.8) is 0 Å². The lowest BCUT2D eigenvalue weighted by molar-refractivity contribution is 0.674. The first-order valence-corrected chi connectivity index (χ1v) is 9.51. The van der Waals surface area contributed by atoms with Gasteiger partial charge in [0, 0.05) is 0 Å². The Hall–Kier alpha value is -1.04. The van der Waals surface area contributed by atoms with Gasteiger partial charge in [0.05, 0.1) is 0 Å². The molecule has 0 aromatic rings. The van der Waals surface area contributed by atoms with Gasteiger partial charge in [0.15, 0.2) is 0 Å². The predicted octanol–water partition coefficient (Wildman–Crippen LogP) is 7.93. The minimum atomic E-state index is 1.06. The van der Waals surface area contributed by atoms with Gasteiger partial charge in [0.25, 0.3) is 0 Å². The quantitative estimate of drug-likeness (QED) is 0.213. The zero-order valence-electron chi connectivity index (χ0n) is 15.1. The molecule has 0 radical (unpaired) electrons. The molecule has 0 unspecified atom stereocenters. The summed E-state index contributed by atoms with van der Waals surface area (Å²) in [5, 5.41) is 0. The Labute approximate surface area is 140 Å². The molecule has 0 aromatic carbocycles. The van der Waals surface area contributed by atoms with Crippen molar-refractivity contribution in [2.24, 2.45) is 0 Å². The molecule has 0 heteroatoms. The van der Waals surface area contributed by atoms with Crippen molar-refractivity contribution in [1.82, 2.24) is 0 Å². The topological polar surface area (TPSA) is 0 Å². The average molecular weight is 303 g/mol. The maximum atomic E-state index is 2.33. The van der Waals surface area contributed by atoms with E-state index < -0.39 is 0 Å². The maximum Gasteiger partial charge on any atom is -0.0169 e. The number of hydrogen-bond acceptors (Lipinski definition) is 0. The Morgan fingerprint density at radius 1 is 0.409 bits per heavy atom. The van der Waals surface area contributed by atoms with Gasteiger partial charge >= 0.3 is 0 Å². The summed E-state index contributed by atoms with van der Waals surface area (Å²) >= 11 is 0. The van der Waals surface area contributed by atoms with E-state index in [0.29, 0.717) is 0 Å². The van der Waals surface area contributed by atoms with Crippen LogP contribution in [0.3, 0.4) is 0 Å². The second kappa shape index (κ2) is 20.0. The summed E-state index contributed by atoms with van der Waals surface area (Å²) < 4.78 is 0. The third-order valence-corrected chi connectivity index (χ3v) is 3.68. The first kappa shape index (κ1) is 21.0. The number of hydrogen-bond donors (Lipinski definition) is 0. The highest BCUT2D eigenvalue weighted by atomic mass is 13.9. The molecule has 0 N–H and O–H groups in total. The van der Waals surface area contributed by atoms with Crippen LogP contribution >= 0.6 is 0 Å². The molecular formula is C22H38. The van der Waals surface area contributed by atoms with Crippen LogP contribution in [0.1, 0.15) is 90.9 Å². The highest BCUT2D eigenvalue weighted by Gasteiger charge is 1.83. The summed E-state index contributed by atoms with van der Waals surface area (Å²) in [7, 11) is 0. The fourth-order valence-corrected chi connectivity index (χ4v) is 2.25. The van der Waals surface area contributed by atoms with E-state index in [1.165, 1.54) is 57.8 Å². The minimum Gasteiger partial charge on any atom is -0.0882 e. The van der Waals surface area contributed by atoms with Crippen molar-refractivity contribution in [2.75, 3.05) is 0 Å². The first-order valence-electron chi connectivity index (χ1n) is 9.51. The molecule has 0 aliphatic heterocycles. The van der Waals surface area contributed by atoms with E-state index in [2.05, 4.69) is 62.5 Å². The second-order valence-electron chi connectivity index (χ2n) is 5.94. The van der Waals surface area contributed by atoms with Crippen molar-refractivity contribution in [2.45, 2.75) is 90.9 Å². The Kier molecular flexibility index (Phi) is 19.0. The van der Waals surface area contributed by atoms with Gasteiger partial charge in [0.2, 0.25) is 0 Å². The van der Waals surface area contributed by atoms with Crippen molar-refractivity contribution < 1.29 is 0 Å². The van der Waals surface area contributed by atoms with E-state index in [1.807, 2.05) is 0 Å². The van der Waals surface area contributed by atoms with Gasteiger partial charge in [-0.2, -0.15) is 0 Å². The van der Waals surface area contributed by atoms with Crippen LogP contribution in [0.25, 0.3) is 0 Å². The van der Waals surface area contributed by atoms with E-state index in [0.717, 1.165) is 19.3 Å². The SMILES string of the molecule is CCCCC/C=C\C/C=C\C/C=C\C/C=C\CCCCCC. The Bertz CT molecular complexity index is 304. The van der Waals surface area contributed by atoms with Crippen molar-refractivity contribution in [1.29, 1.82) is 0 Å². The average Bonchev–Trinajstić information content (AvgIpc) is 2.54. The molecule has 0 aromatic heterocycles. The molecule has 0 saturated heterocycles. The molecule has 0 fully saturated rings. The summed E-state index contributed by atoms with van der Waals surface area (Å²) in [6.07, 6.45) is 33.5. The number of unbranched alkanes of at least 4 members (excludes halogenated alkanes) is 7.